The minimum Gasteiger partial charge on any atom is -0.378 e. The summed E-state index contributed by atoms with van der Waals surface area (Å²) in [6.07, 6.45) is 1.78. The van der Waals surface area contributed by atoms with E-state index < -0.39 is 21.7 Å². The fourth-order valence-corrected chi connectivity index (χ4v) is 9.03. The van der Waals surface area contributed by atoms with Crippen molar-refractivity contribution in [1.29, 1.82) is 0 Å². The van der Waals surface area contributed by atoms with Crippen LogP contribution in [-0.2, 0) is 15.6 Å². The first-order valence-electron chi connectivity index (χ1n) is 16.4. The monoisotopic (exact) mass is 657 g/mol. The van der Waals surface area contributed by atoms with E-state index in [1.807, 2.05) is 129 Å². The third kappa shape index (κ3) is 4.97. The first-order valence-corrected chi connectivity index (χ1v) is 17.9. The van der Waals surface area contributed by atoms with Crippen LogP contribution in [0, 0.1) is 13.8 Å². The van der Waals surface area contributed by atoms with Gasteiger partial charge in [-0.2, -0.15) is 0 Å². The van der Waals surface area contributed by atoms with Gasteiger partial charge in [-0.25, -0.2) is 8.42 Å². The lowest BCUT2D eigenvalue weighted by atomic mass is 9.74. The van der Waals surface area contributed by atoms with Crippen LogP contribution in [0.3, 0.4) is 0 Å². The number of hydrogen-bond acceptors (Lipinski definition) is 3. The van der Waals surface area contributed by atoms with E-state index in [2.05, 4.69) is 30.3 Å². The summed E-state index contributed by atoms with van der Waals surface area (Å²) in [6.45, 7) is 3.98. The van der Waals surface area contributed by atoms with Crippen LogP contribution in [0.15, 0.2) is 169 Å². The van der Waals surface area contributed by atoms with Gasteiger partial charge in [0.25, 0.3) is 10.0 Å². The van der Waals surface area contributed by atoms with Gasteiger partial charge in [0, 0.05) is 11.8 Å². The molecule has 1 heterocycles. The van der Waals surface area contributed by atoms with Crippen molar-refractivity contribution in [2.75, 3.05) is 0 Å². The van der Waals surface area contributed by atoms with Gasteiger partial charge in [-0.15, -0.1) is 0 Å². The summed E-state index contributed by atoms with van der Waals surface area (Å²) in [5, 5.41) is 13.8. The number of sulfonamides is 1. The Morgan fingerprint density at radius 1 is 0.612 bits per heavy atom. The second kappa shape index (κ2) is 11.9. The molecular formula is C44H35NO3S. The standard InChI is InChI=1S/C44H35NO3S/c1-30-23-25-36(26-24-30)49(47,48)45-29-38-41(33-17-9-4-10-18-33)40(32-15-7-3-8-16-32)37-27-31(2)28-39(42(37)38)44(46,35-21-13-6-14-22-35)43(45)34-19-11-5-12-20-34/h3-29,43,46H,1-2H3/t43-,44+/m0/s1. The van der Waals surface area contributed by atoms with Crippen molar-refractivity contribution in [3.63, 3.8) is 0 Å². The third-order valence-electron chi connectivity index (χ3n) is 9.71. The van der Waals surface area contributed by atoms with Crippen molar-refractivity contribution in [1.82, 2.24) is 4.31 Å². The van der Waals surface area contributed by atoms with Crippen molar-refractivity contribution >= 4 is 26.7 Å². The summed E-state index contributed by atoms with van der Waals surface area (Å²) in [7, 11) is -4.24. The molecule has 1 N–H and O–H groups in total. The van der Waals surface area contributed by atoms with E-state index in [1.165, 1.54) is 4.31 Å². The van der Waals surface area contributed by atoms with E-state index >= 15 is 8.42 Å². The number of aryl methyl sites for hydroxylation is 2. The quantitative estimate of drug-likeness (QED) is 0.194. The van der Waals surface area contributed by atoms with Crippen LogP contribution in [0.5, 0.6) is 0 Å². The number of nitrogens with zero attached hydrogens (tertiary/aromatic N) is 1. The molecule has 0 saturated heterocycles. The van der Waals surface area contributed by atoms with Gasteiger partial charge in [0.1, 0.15) is 11.6 Å². The molecule has 2 aliphatic rings. The zero-order chi connectivity index (χ0) is 33.8. The Balaban J connectivity index is 1.56. The van der Waals surface area contributed by atoms with Crippen LogP contribution >= 0.6 is 0 Å². The number of aliphatic hydroxyl groups is 1. The highest BCUT2D eigenvalue weighted by Crippen LogP contribution is 2.58. The molecule has 240 valence electrons. The van der Waals surface area contributed by atoms with Gasteiger partial charge < -0.3 is 5.11 Å². The molecule has 0 bridgehead atoms. The zero-order valence-corrected chi connectivity index (χ0v) is 28.1. The lowest BCUT2D eigenvalue weighted by Crippen LogP contribution is -2.45. The lowest BCUT2D eigenvalue weighted by molar-refractivity contribution is 0.0184. The second-order valence-electron chi connectivity index (χ2n) is 12.9. The van der Waals surface area contributed by atoms with Gasteiger partial charge in [0.15, 0.2) is 0 Å². The van der Waals surface area contributed by atoms with Crippen LogP contribution < -0.4 is 0 Å². The molecule has 1 aliphatic carbocycles. The molecule has 0 amide bonds. The normalized spacial score (nSPS) is 18.6. The van der Waals surface area contributed by atoms with Crippen molar-refractivity contribution < 1.29 is 13.5 Å². The van der Waals surface area contributed by atoms with Gasteiger partial charge >= 0.3 is 0 Å². The summed E-state index contributed by atoms with van der Waals surface area (Å²) >= 11 is 0. The maximum absolute atomic E-state index is 15.2. The van der Waals surface area contributed by atoms with Crippen molar-refractivity contribution in [3.05, 3.63) is 214 Å². The maximum Gasteiger partial charge on any atom is 0.264 e. The highest BCUT2D eigenvalue weighted by atomic mass is 32.2. The molecule has 5 heteroatoms. The molecule has 0 fully saturated rings. The molecule has 8 rings (SSSR count). The van der Waals surface area contributed by atoms with Crippen molar-refractivity contribution in [3.8, 4) is 0 Å². The van der Waals surface area contributed by atoms with Gasteiger partial charge in [-0.05, 0) is 76.1 Å². The van der Waals surface area contributed by atoms with E-state index in [4.69, 9.17) is 0 Å². The predicted octanol–water partition coefficient (Wildman–Crippen LogP) is 9.30. The van der Waals surface area contributed by atoms with Crippen LogP contribution in [-0.4, -0.2) is 17.8 Å². The maximum atomic E-state index is 15.2. The number of allylic oxidation sites excluding steroid dienone is 2. The van der Waals surface area contributed by atoms with E-state index in [-0.39, 0.29) is 4.90 Å². The SMILES string of the molecule is Cc1ccc(S(=O)(=O)N2C=C3C(c4ccccc4)=C(c4ccccc4)c4cc(C)cc(c43)[C@](O)(c3ccccc3)[C@@H]2c2ccccc2)cc1. The summed E-state index contributed by atoms with van der Waals surface area (Å²) < 4.78 is 31.8. The minimum absolute atomic E-state index is 0.153. The Morgan fingerprint density at radius 2 is 1.14 bits per heavy atom. The fourth-order valence-electron chi connectivity index (χ4n) is 7.51. The molecule has 0 saturated carbocycles. The molecule has 4 nitrogen and oxygen atoms in total. The lowest BCUT2D eigenvalue weighted by Gasteiger charge is -2.42. The topological polar surface area (TPSA) is 57.6 Å². The van der Waals surface area contributed by atoms with Crippen molar-refractivity contribution in [2.45, 2.75) is 30.4 Å². The van der Waals surface area contributed by atoms with Gasteiger partial charge in [-0.3, -0.25) is 4.31 Å². The smallest absolute Gasteiger partial charge is 0.264 e. The second-order valence-corrected chi connectivity index (χ2v) is 14.7. The van der Waals surface area contributed by atoms with Crippen LogP contribution in [0.4, 0.5) is 0 Å². The first kappa shape index (κ1) is 30.8. The Hall–Kier alpha value is -5.49. The fraction of sp³-hybridized carbons (Fsp3) is 0.0909. The molecule has 0 radical (unpaired) electrons. The molecule has 49 heavy (non-hydrogen) atoms. The summed E-state index contributed by atoms with van der Waals surface area (Å²) in [6, 6.07) is 49.4. The summed E-state index contributed by atoms with van der Waals surface area (Å²) in [5.41, 5.74) is 8.48. The number of rotatable bonds is 6. The van der Waals surface area contributed by atoms with Crippen LogP contribution in [0.25, 0.3) is 16.7 Å². The highest BCUT2D eigenvalue weighted by Gasteiger charge is 2.52. The molecule has 0 spiro atoms. The Bertz CT molecular complexity index is 2350. The highest BCUT2D eigenvalue weighted by molar-refractivity contribution is 7.89. The summed E-state index contributed by atoms with van der Waals surface area (Å²) in [4.78, 5) is 0.153. The minimum atomic E-state index is -4.24. The average molecular weight is 658 g/mol. The van der Waals surface area contributed by atoms with Gasteiger partial charge in [-0.1, -0.05) is 157 Å². The zero-order valence-electron chi connectivity index (χ0n) is 27.3. The Kier molecular flexibility index (Phi) is 7.47. The molecule has 1 aliphatic heterocycles. The molecular weight excluding hydrogens is 623 g/mol. The average Bonchev–Trinajstić information content (AvgIpc) is 3.39. The number of hydrogen-bond donors (Lipinski definition) is 1. The molecule has 2 atom stereocenters. The van der Waals surface area contributed by atoms with E-state index in [0.29, 0.717) is 16.7 Å². The van der Waals surface area contributed by atoms with Crippen molar-refractivity contribution in [2.24, 2.45) is 0 Å². The number of benzene rings is 6. The predicted molar refractivity (Wildman–Crippen MR) is 197 cm³/mol. The van der Waals surface area contributed by atoms with E-state index in [9.17, 15) is 5.11 Å². The third-order valence-corrected chi connectivity index (χ3v) is 11.4. The van der Waals surface area contributed by atoms with Gasteiger partial charge in [0.05, 0.1) is 4.90 Å². The van der Waals surface area contributed by atoms with E-state index in [1.54, 1.807) is 18.3 Å². The molecule has 0 aromatic heterocycles. The Morgan fingerprint density at radius 3 is 1.73 bits per heavy atom. The Labute approximate surface area is 288 Å². The van der Waals surface area contributed by atoms with Crippen LogP contribution in [0.2, 0.25) is 0 Å². The molecule has 0 unspecified atom stereocenters. The van der Waals surface area contributed by atoms with Gasteiger partial charge in [0.2, 0.25) is 0 Å². The largest absolute Gasteiger partial charge is 0.378 e. The van der Waals surface area contributed by atoms with Crippen LogP contribution in [0.1, 0.15) is 56.1 Å². The summed E-state index contributed by atoms with van der Waals surface area (Å²) in [5.74, 6) is 0. The first-order chi connectivity index (χ1) is 23.8. The molecule has 6 aromatic rings. The molecule has 6 aromatic carbocycles. The van der Waals surface area contributed by atoms with E-state index in [0.717, 1.165) is 50.1 Å².